The quantitative estimate of drug-likeness (QED) is 0.524. The largest absolute Gasteiger partial charge is 0.352 e. The number of hydrogen-bond donors (Lipinski definition) is 1. The van der Waals surface area contributed by atoms with Gasteiger partial charge in [0.2, 0.25) is 0 Å². The number of carbonyl (C=O) groups excluding carboxylic acids is 2. The minimum Gasteiger partial charge on any atom is -0.352 e. The Kier molecular flexibility index (Phi) is 6.33. The Morgan fingerprint density at radius 3 is 2.22 bits per heavy atom. The minimum atomic E-state index is -0.427. The van der Waals surface area contributed by atoms with Crippen molar-refractivity contribution in [2.75, 3.05) is 10.7 Å². The predicted octanol–water partition coefficient (Wildman–Crippen LogP) is 5.65. The maximum Gasteiger partial charge on any atom is 0.258 e. The van der Waals surface area contributed by atoms with Gasteiger partial charge in [-0.3, -0.25) is 14.9 Å². The number of hydrogen-bond acceptors (Lipinski definition) is 4. The van der Waals surface area contributed by atoms with E-state index in [2.05, 4.69) is 17.1 Å². The van der Waals surface area contributed by atoms with Crippen molar-refractivity contribution in [1.29, 1.82) is 0 Å². The fraction of sp³-hybridized carbons (Fsp3) is 0.231. The van der Waals surface area contributed by atoms with Gasteiger partial charge >= 0.3 is 0 Å². The van der Waals surface area contributed by atoms with Crippen molar-refractivity contribution in [2.45, 2.75) is 32.2 Å². The predicted molar refractivity (Wildman–Crippen MR) is 128 cm³/mol. The van der Waals surface area contributed by atoms with Crippen LogP contribution in [-0.2, 0) is 0 Å². The van der Waals surface area contributed by atoms with Crippen LogP contribution in [0.5, 0.6) is 0 Å². The number of nitrogens with one attached hydrogen (secondary N) is 1. The molecule has 2 atom stereocenters. The summed E-state index contributed by atoms with van der Waals surface area (Å²) in [6, 6.07) is 19.5. The lowest BCUT2D eigenvalue weighted by Gasteiger charge is -2.31. The van der Waals surface area contributed by atoms with Crippen molar-refractivity contribution < 1.29 is 14.0 Å². The average Bonchev–Trinajstić information content (AvgIpc) is 3.15. The van der Waals surface area contributed by atoms with Crippen LogP contribution in [0.25, 0.3) is 0 Å². The Labute approximate surface area is 191 Å². The van der Waals surface area contributed by atoms with E-state index in [1.165, 1.54) is 12.1 Å². The molecule has 1 N–H and O–H groups in total. The molecule has 164 valence electrons. The molecular formula is C26H25FN2O2S. The zero-order valence-corrected chi connectivity index (χ0v) is 19.1. The van der Waals surface area contributed by atoms with Gasteiger partial charge in [0.15, 0.2) is 0 Å². The molecule has 3 aromatic carbocycles. The summed E-state index contributed by atoms with van der Waals surface area (Å²) < 4.78 is 13.4. The summed E-state index contributed by atoms with van der Waals surface area (Å²) in [7, 11) is 0. The van der Waals surface area contributed by atoms with Crippen LogP contribution < -0.4 is 10.2 Å². The molecule has 0 spiro atoms. The first-order valence-electron chi connectivity index (χ1n) is 10.5. The first kappa shape index (κ1) is 22.1. The van der Waals surface area contributed by atoms with Crippen LogP contribution in [-0.4, -0.2) is 23.6 Å². The summed E-state index contributed by atoms with van der Waals surface area (Å²) >= 11 is 1.82. The second-order valence-corrected chi connectivity index (χ2v) is 9.26. The van der Waals surface area contributed by atoms with E-state index >= 15 is 0 Å². The normalized spacial score (nSPS) is 17.9. The molecule has 0 aliphatic carbocycles. The molecule has 1 aliphatic rings. The molecule has 0 aromatic heterocycles. The third kappa shape index (κ3) is 4.55. The smallest absolute Gasteiger partial charge is 0.258 e. The molecule has 2 amide bonds. The Morgan fingerprint density at radius 1 is 0.938 bits per heavy atom. The van der Waals surface area contributed by atoms with Crippen LogP contribution in [0.2, 0.25) is 0 Å². The Hall–Kier alpha value is -3.12. The van der Waals surface area contributed by atoms with Gasteiger partial charge in [-0.1, -0.05) is 29.8 Å². The molecule has 4 rings (SSSR count). The van der Waals surface area contributed by atoms with Crippen LogP contribution in [0.3, 0.4) is 0 Å². The van der Waals surface area contributed by atoms with E-state index in [1.54, 1.807) is 18.2 Å². The minimum absolute atomic E-state index is 0.0760. The third-order valence-corrected chi connectivity index (χ3v) is 7.15. The molecule has 2 unspecified atom stereocenters. The second-order valence-electron chi connectivity index (χ2n) is 8.14. The molecule has 3 aromatic rings. The van der Waals surface area contributed by atoms with E-state index < -0.39 is 11.8 Å². The summed E-state index contributed by atoms with van der Waals surface area (Å²) in [6.45, 7) is 6.07. The zero-order chi connectivity index (χ0) is 22.8. The summed E-state index contributed by atoms with van der Waals surface area (Å²) in [6.07, 6.45) is 0. The molecule has 0 bridgehead atoms. The van der Waals surface area contributed by atoms with Crippen molar-refractivity contribution in [3.8, 4) is 0 Å². The molecule has 1 aliphatic heterocycles. The topological polar surface area (TPSA) is 49.4 Å². The summed E-state index contributed by atoms with van der Waals surface area (Å²) in [5, 5.41) is 2.54. The summed E-state index contributed by atoms with van der Waals surface area (Å²) in [5.74, 6) is -0.140. The molecule has 6 heteroatoms. The number of thioether (sulfide) groups is 1. The molecule has 32 heavy (non-hydrogen) atoms. The summed E-state index contributed by atoms with van der Waals surface area (Å²) in [5.41, 5.74) is 4.95. The second kappa shape index (κ2) is 9.17. The highest BCUT2D eigenvalue weighted by Crippen LogP contribution is 2.45. The molecule has 1 saturated heterocycles. The van der Waals surface area contributed by atoms with Gasteiger partial charge < -0.3 is 4.90 Å². The van der Waals surface area contributed by atoms with Gasteiger partial charge in [-0.05, 0) is 74.4 Å². The number of benzene rings is 3. The number of aryl methyl sites for hydroxylation is 2. The van der Waals surface area contributed by atoms with E-state index in [1.807, 2.05) is 62.0 Å². The lowest BCUT2D eigenvalue weighted by molar-refractivity contribution is 0.0849. The van der Waals surface area contributed by atoms with Gasteiger partial charge in [-0.2, -0.15) is 0 Å². The number of halogens is 1. The average molecular weight is 449 g/mol. The van der Waals surface area contributed by atoms with Crippen LogP contribution in [0.1, 0.15) is 49.7 Å². The molecule has 1 fully saturated rings. The molecule has 4 nitrogen and oxygen atoms in total. The molecular weight excluding hydrogens is 423 g/mol. The fourth-order valence-corrected chi connectivity index (χ4v) is 5.36. The number of rotatable bonds is 4. The summed E-state index contributed by atoms with van der Waals surface area (Å²) in [4.78, 5) is 27.4. The highest BCUT2D eigenvalue weighted by atomic mass is 32.2. The van der Waals surface area contributed by atoms with Crippen LogP contribution >= 0.6 is 11.8 Å². The van der Waals surface area contributed by atoms with E-state index in [4.69, 9.17) is 0 Å². The highest BCUT2D eigenvalue weighted by Gasteiger charge is 2.33. The van der Waals surface area contributed by atoms with E-state index in [9.17, 15) is 14.0 Å². The molecule has 1 heterocycles. The number of amides is 2. The first-order chi connectivity index (χ1) is 15.3. The standard InChI is InChI=1S/C26H25FN2O2S/c1-16-4-6-19(7-5-16)24(30)28-25(31)21-10-13-23(17(2)14-21)29-18(3)15-32-26(29)20-8-11-22(27)12-9-20/h4-14,18,26H,15H2,1-3H3,(H,28,30,31). The van der Waals surface area contributed by atoms with Crippen LogP contribution in [0, 0.1) is 19.7 Å². The fourth-order valence-electron chi connectivity index (χ4n) is 3.91. The SMILES string of the molecule is Cc1ccc(C(=O)NC(=O)c2ccc(N3C(C)CSC3c3ccc(F)cc3)c(C)c2)cc1. The van der Waals surface area contributed by atoms with Gasteiger partial charge in [0.05, 0.1) is 0 Å². The third-order valence-electron chi connectivity index (χ3n) is 5.66. The van der Waals surface area contributed by atoms with Gasteiger partial charge in [0.25, 0.3) is 11.8 Å². The maximum atomic E-state index is 13.4. The monoisotopic (exact) mass is 448 g/mol. The lowest BCUT2D eigenvalue weighted by atomic mass is 10.1. The number of anilines is 1. The van der Waals surface area contributed by atoms with Gasteiger partial charge in [0.1, 0.15) is 11.2 Å². The van der Waals surface area contributed by atoms with Crippen LogP contribution in [0.15, 0.2) is 66.7 Å². The van der Waals surface area contributed by atoms with E-state index in [0.29, 0.717) is 11.1 Å². The van der Waals surface area contributed by atoms with E-state index in [0.717, 1.165) is 28.1 Å². The Bertz CT molecular complexity index is 1150. The zero-order valence-electron chi connectivity index (χ0n) is 18.3. The van der Waals surface area contributed by atoms with Gasteiger partial charge in [-0.25, -0.2) is 4.39 Å². The Balaban J connectivity index is 1.54. The highest BCUT2D eigenvalue weighted by molar-refractivity contribution is 8.00. The molecule has 0 radical (unpaired) electrons. The number of nitrogens with zero attached hydrogens (tertiary/aromatic N) is 1. The van der Waals surface area contributed by atoms with Crippen molar-refractivity contribution in [2.24, 2.45) is 0 Å². The number of imide groups is 1. The van der Waals surface area contributed by atoms with Crippen molar-refractivity contribution in [1.82, 2.24) is 5.32 Å². The maximum absolute atomic E-state index is 13.4. The van der Waals surface area contributed by atoms with Crippen molar-refractivity contribution in [3.05, 3.63) is 100 Å². The first-order valence-corrected chi connectivity index (χ1v) is 11.6. The molecule has 0 saturated carbocycles. The number of carbonyl (C=O) groups is 2. The van der Waals surface area contributed by atoms with Gasteiger partial charge in [0, 0.05) is 28.6 Å². The van der Waals surface area contributed by atoms with Crippen molar-refractivity contribution >= 4 is 29.3 Å². The van der Waals surface area contributed by atoms with Crippen LogP contribution in [0.4, 0.5) is 10.1 Å². The van der Waals surface area contributed by atoms with Gasteiger partial charge in [-0.15, -0.1) is 11.8 Å². The Morgan fingerprint density at radius 2 is 1.56 bits per heavy atom. The van der Waals surface area contributed by atoms with Crippen molar-refractivity contribution in [3.63, 3.8) is 0 Å². The lowest BCUT2D eigenvalue weighted by Crippen LogP contribution is -2.32. The van der Waals surface area contributed by atoms with E-state index in [-0.39, 0.29) is 17.2 Å².